The van der Waals surface area contributed by atoms with Gasteiger partial charge in [0.1, 0.15) is 11.3 Å². The summed E-state index contributed by atoms with van der Waals surface area (Å²) in [5.41, 5.74) is -0.106. The lowest BCUT2D eigenvalue weighted by atomic mass is 9.70. The molecular formula is C24H27FN2O2. The number of benzene rings is 1. The third-order valence-corrected chi connectivity index (χ3v) is 5.03. The Kier molecular flexibility index (Phi) is 6.02. The van der Waals surface area contributed by atoms with Crippen molar-refractivity contribution in [2.45, 2.75) is 64.1 Å². The van der Waals surface area contributed by atoms with Crippen LogP contribution in [0.2, 0.25) is 0 Å². The van der Waals surface area contributed by atoms with Gasteiger partial charge in [-0.05, 0) is 64.2 Å². The molecule has 0 amide bonds. The van der Waals surface area contributed by atoms with Crippen LogP contribution in [0.3, 0.4) is 0 Å². The van der Waals surface area contributed by atoms with Crippen LogP contribution in [0.1, 0.15) is 62.9 Å². The topological polar surface area (TPSA) is 52.1 Å². The maximum atomic E-state index is 15.7. The fraction of sp³-hybridized carbons (Fsp3) is 0.458. The molecule has 3 rings (SSSR count). The van der Waals surface area contributed by atoms with Gasteiger partial charge in [0.15, 0.2) is 5.67 Å². The van der Waals surface area contributed by atoms with Crippen molar-refractivity contribution in [3.05, 3.63) is 59.4 Å². The summed E-state index contributed by atoms with van der Waals surface area (Å²) in [6.45, 7) is 7.37. The van der Waals surface area contributed by atoms with Crippen molar-refractivity contribution in [1.82, 2.24) is 10.2 Å². The van der Waals surface area contributed by atoms with Crippen molar-refractivity contribution in [3.8, 4) is 11.8 Å². The largest absolute Gasteiger partial charge is 0.460 e. The van der Waals surface area contributed by atoms with Crippen LogP contribution in [0.15, 0.2) is 42.5 Å². The normalized spacial score (nSPS) is 24.3. The zero-order chi connectivity index (χ0) is 21.1. The molecule has 0 radical (unpaired) electrons. The van der Waals surface area contributed by atoms with Gasteiger partial charge >= 0.3 is 5.97 Å². The lowest BCUT2D eigenvalue weighted by Gasteiger charge is -2.37. The summed E-state index contributed by atoms with van der Waals surface area (Å²) in [4.78, 5) is 12.8. The Hall–Kier alpha value is -2.74. The average molecular weight is 394 g/mol. The van der Waals surface area contributed by atoms with Gasteiger partial charge in [-0.25, -0.2) is 4.39 Å². The highest BCUT2D eigenvalue weighted by atomic mass is 19.1. The summed E-state index contributed by atoms with van der Waals surface area (Å²) in [5, 5.41) is 7.95. The maximum absolute atomic E-state index is 15.7. The Labute approximate surface area is 171 Å². The van der Waals surface area contributed by atoms with E-state index < -0.39 is 11.3 Å². The molecule has 0 N–H and O–H groups in total. The molecule has 3 atom stereocenters. The van der Waals surface area contributed by atoms with Crippen molar-refractivity contribution in [1.29, 1.82) is 0 Å². The van der Waals surface area contributed by atoms with Crippen LogP contribution in [-0.4, -0.2) is 27.4 Å². The number of hydrogen-bond acceptors (Lipinski definition) is 4. The lowest BCUT2D eigenvalue weighted by Crippen LogP contribution is -2.39. The molecule has 0 bridgehead atoms. The van der Waals surface area contributed by atoms with Crippen molar-refractivity contribution in [2.24, 2.45) is 5.92 Å². The molecule has 1 fully saturated rings. The van der Waals surface area contributed by atoms with Crippen molar-refractivity contribution in [2.75, 3.05) is 0 Å². The number of aromatic nitrogens is 2. The van der Waals surface area contributed by atoms with Crippen molar-refractivity contribution >= 4 is 5.97 Å². The summed E-state index contributed by atoms with van der Waals surface area (Å²) in [5.74, 6) is 4.64. The van der Waals surface area contributed by atoms with Crippen LogP contribution < -0.4 is 0 Å². The first kappa shape index (κ1) is 21.0. The minimum absolute atomic E-state index is 0.146. The minimum Gasteiger partial charge on any atom is -0.460 e. The molecule has 0 spiro atoms. The quantitative estimate of drug-likeness (QED) is 0.544. The highest BCUT2D eigenvalue weighted by molar-refractivity contribution is 5.74. The number of aryl methyl sites for hydroxylation is 1. The van der Waals surface area contributed by atoms with Gasteiger partial charge in [0.2, 0.25) is 0 Å². The molecule has 5 heteroatoms. The molecule has 1 saturated carbocycles. The van der Waals surface area contributed by atoms with E-state index in [0.717, 1.165) is 11.3 Å². The van der Waals surface area contributed by atoms with Gasteiger partial charge in [0.05, 0.1) is 11.6 Å². The van der Waals surface area contributed by atoms with Crippen molar-refractivity contribution < 1.29 is 13.9 Å². The highest BCUT2D eigenvalue weighted by Gasteiger charge is 2.45. The molecule has 1 unspecified atom stereocenters. The van der Waals surface area contributed by atoms with E-state index >= 15 is 4.39 Å². The zero-order valence-corrected chi connectivity index (χ0v) is 17.4. The van der Waals surface area contributed by atoms with Gasteiger partial charge in [0, 0.05) is 12.3 Å². The number of ether oxygens (including phenoxy) is 1. The van der Waals surface area contributed by atoms with Crippen molar-refractivity contribution in [3.63, 3.8) is 0 Å². The van der Waals surface area contributed by atoms with Crippen LogP contribution in [0.25, 0.3) is 0 Å². The second-order valence-electron chi connectivity index (χ2n) is 8.68. The Bertz CT molecular complexity index is 910. The fourth-order valence-electron chi connectivity index (χ4n) is 3.64. The third kappa shape index (κ3) is 5.63. The molecule has 1 aliphatic carbocycles. The Balaban J connectivity index is 1.86. The van der Waals surface area contributed by atoms with Gasteiger partial charge in [-0.3, -0.25) is 4.79 Å². The van der Waals surface area contributed by atoms with E-state index in [1.54, 1.807) is 12.1 Å². The summed E-state index contributed by atoms with van der Waals surface area (Å²) in [7, 11) is 0. The van der Waals surface area contributed by atoms with Gasteiger partial charge in [0.25, 0.3) is 0 Å². The third-order valence-electron chi connectivity index (χ3n) is 5.03. The van der Waals surface area contributed by atoms with Gasteiger partial charge < -0.3 is 4.74 Å². The molecule has 1 aliphatic rings. The monoisotopic (exact) mass is 394 g/mol. The average Bonchev–Trinajstić information content (AvgIpc) is 2.67. The van der Waals surface area contributed by atoms with Crippen LogP contribution in [0, 0.1) is 24.7 Å². The summed E-state index contributed by atoms with van der Waals surface area (Å²) < 4.78 is 21.3. The van der Waals surface area contributed by atoms with Gasteiger partial charge in [-0.15, -0.1) is 5.10 Å². The van der Waals surface area contributed by atoms with Crippen LogP contribution in [-0.2, 0) is 9.53 Å². The number of carbonyl (C=O) groups is 1. The number of halogens is 1. The second-order valence-corrected chi connectivity index (χ2v) is 8.68. The molecule has 4 nitrogen and oxygen atoms in total. The molecule has 1 aromatic heterocycles. The maximum Gasteiger partial charge on any atom is 0.310 e. The standard InChI is InChI=1S/C24H27FN2O2/c1-17-10-11-19(27-26-17)12-14-24(25)15-13-20(22(28)29-23(2,3)4)21(16-24)18-8-6-5-7-9-18/h5-11,20-21H,13,15-16H2,1-4H3/t20-,21+,24?/m1/s1. The molecule has 1 heterocycles. The van der Waals surface area contributed by atoms with Gasteiger partial charge in [-0.1, -0.05) is 36.3 Å². The first-order valence-corrected chi connectivity index (χ1v) is 9.95. The molecule has 152 valence electrons. The van der Waals surface area contributed by atoms with Crippen LogP contribution in [0.4, 0.5) is 4.39 Å². The highest BCUT2D eigenvalue weighted by Crippen LogP contribution is 2.45. The van der Waals surface area contributed by atoms with E-state index in [1.165, 1.54) is 0 Å². The van der Waals surface area contributed by atoms with Crippen LogP contribution in [0.5, 0.6) is 0 Å². The summed E-state index contributed by atoms with van der Waals surface area (Å²) in [6, 6.07) is 13.1. The Morgan fingerprint density at radius 3 is 2.52 bits per heavy atom. The first-order valence-electron chi connectivity index (χ1n) is 9.95. The minimum atomic E-state index is -1.69. The number of carbonyl (C=O) groups excluding carboxylic acids is 1. The van der Waals surface area contributed by atoms with E-state index in [-0.39, 0.29) is 30.6 Å². The predicted octanol–water partition coefficient (Wildman–Crippen LogP) is 4.77. The van der Waals surface area contributed by atoms with Crippen LogP contribution >= 0.6 is 0 Å². The summed E-state index contributed by atoms with van der Waals surface area (Å²) >= 11 is 0. The number of rotatable bonds is 2. The zero-order valence-electron chi connectivity index (χ0n) is 17.4. The number of alkyl halides is 1. The van der Waals surface area contributed by atoms with E-state index in [4.69, 9.17) is 4.74 Å². The lowest BCUT2D eigenvalue weighted by molar-refractivity contribution is -0.162. The van der Waals surface area contributed by atoms with E-state index in [2.05, 4.69) is 22.0 Å². The molecule has 29 heavy (non-hydrogen) atoms. The number of esters is 1. The SMILES string of the molecule is Cc1ccc(C#CC2(F)CC[C@@H](C(=O)OC(C)(C)C)[C@H](c3ccccc3)C2)nn1. The Morgan fingerprint density at radius 1 is 1.17 bits per heavy atom. The number of hydrogen-bond donors (Lipinski definition) is 0. The Morgan fingerprint density at radius 2 is 1.90 bits per heavy atom. The summed E-state index contributed by atoms with van der Waals surface area (Å²) in [6.07, 6.45) is 0.721. The fourth-order valence-corrected chi connectivity index (χ4v) is 3.64. The van der Waals surface area contributed by atoms with E-state index in [9.17, 15) is 4.79 Å². The first-order chi connectivity index (χ1) is 13.7. The molecule has 1 aromatic carbocycles. The van der Waals surface area contributed by atoms with E-state index in [0.29, 0.717) is 12.1 Å². The molecule has 0 saturated heterocycles. The molecular weight excluding hydrogens is 367 g/mol. The predicted molar refractivity (Wildman–Crippen MR) is 110 cm³/mol. The number of nitrogens with zero attached hydrogens (tertiary/aromatic N) is 2. The molecule has 0 aliphatic heterocycles. The van der Waals surface area contributed by atoms with Gasteiger partial charge in [-0.2, -0.15) is 5.10 Å². The second kappa shape index (κ2) is 8.32. The smallest absolute Gasteiger partial charge is 0.310 e. The molecule has 2 aromatic rings. The van der Waals surface area contributed by atoms with E-state index in [1.807, 2.05) is 58.0 Å².